The Morgan fingerprint density at radius 3 is 3.00 bits per heavy atom. The number of nitrogens with one attached hydrogen (secondary N) is 1. The Morgan fingerprint density at radius 1 is 1.44 bits per heavy atom. The smallest absolute Gasteiger partial charge is 0.122 e. The van der Waals surface area contributed by atoms with E-state index in [2.05, 4.69) is 5.32 Å². The van der Waals surface area contributed by atoms with Crippen LogP contribution in [0.4, 0.5) is 0 Å². The summed E-state index contributed by atoms with van der Waals surface area (Å²) in [6.45, 7) is 1.13. The lowest BCUT2D eigenvalue weighted by Gasteiger charge is -2.24. The standard InChI is InChI=1S/C13H18ClNO/c1-16-13-6-5-11(14)8-10(13)9-12-4-2-3-7-15-12/h5-6,8,12,15H,2-4,7,9H2,1H3. The summed E-state index contributed by atoms with van der Waals surface area (Å²) in [5.41, 5.74) is 1.20. The highest BCUT2D eigenvalue weighted by molar-refractivity contribution is 6.30. The van der Waals surface area contributed by atoms with Crippen LogP contribution in [0.3, 0.4) is 0 Å². The molecule has 1 N–H and O–H groups in total. The summed E-state index contributed by atoms with van der Waals surface area (Å²) in [5, 5.41) is 4.32. The van der Waals surface area contributed by atoms with Gasteiger partial charge in [0.1, 0.15) is 5.75 Å². The molecule has 1 aliphatic heterocycles. The number of hydrogen-bond acceptors (Lipinski definition) is 2. The molecule has 1 fully saturated rings. The van der Waals surface area contributed by atoms with Crippen LogP contribution >= 0.6 is 11.6 Å². The molecule has 2 rings (SSSR count). The molecule has 2 nitrogen and oxygen atoms in total. The number of rotatable bonds is 3. The van der Waals surface area contributed by atoms with Crippen LogP contribution in [0.5, 0.6) is 5.75 Å². The van der Waals surface area contributed by atoms with Crippen molar-refractivity contribution in [1.29, 1.82) is 0 Å². The van der Waals surface area contributed by atoms with Crippen LogP contribution in [0.25, 0.3) is 0 Å². The Kier molecular flexibility index (Phi) is 4.08. The summed E-state index contributed by atoms with van der Waals surface area (Å²) in [6.07, 6.45) is 4.86. The summed E-state index contributed by atoms with van der Waals surface area (Å²) in [6, 6.07) is 6.40. The minimum atomic E-state index is 0.570. The molecular weight excluding hydrogens is 222 g/mol. The van der Waals surface area contributed by atoms with Gasteiger partial charge in [0, 0.05) is 11.1 Å². The zero-order valence-electron chi connectivity index (χ0n) is 9.63. The van der Waals surface area contributed by atoms with Crippen molar-refractivity contribution in [1.82, 2.24) is 5.32 Å². The molecule has 3 heteroatoms. The number of piperidine rings is 1. The van der Waals surface area contributed by atoms with Gasteiger partial charge in [0.05, 0.1) is 7.11 Å². The molecule has 1 aliphatic rings. The fraction of sp³-hybridized carbons (Fsp3) is 0.538. The highest BCUT2D eigenvalue weighted by Crippen LogP contribution is 2.25. The van der Waals surface area contributed by atoms with Crippen molar-refractivity contribution in [3.05, 3.63) is 28.8 Å². The molecule has 0 aliphatic carbocycles. The van der Waals surface area contributed by atoms with Gasteiger partial charge < -0.3 is 10.1 Å². The first-order valence-electron chi connectivity index (χ1n) is 5.85. The van der Waals surface area contributed by atoms with Crippen molar-refractivity contribution in [2.24, 2.45) is 0 Å². The van der Waals surface area contributed by atoms with Gasteiger partial charge in [-0.15, -0.1) is 0 Å². The minimum absolute atomic E-state index is 0.570. The van der Waals surface area contributed by atoms with E-state index in [1.165, 1.54) is 24.8 Å². The normalized spacial score (nSPS) is 20.8. The molecule has 1 aromatic rings. The van der Waals surface area contributed by atoms with Crippen LogP contribution in [0, 0.1) is 0 Å². The Labute approximate surface area is 102 Å². The van der Waals surface area contributed by atoms with Gasteiger partial charge in [0.15, 0.2) is 0 Å². The summed E-state index contributed by atoms with van der Waals surface area (Å²) < 4.78 is 5.36. The topological polar surface area (TPSA) is 21.3 Å². The van der Waals surface area contributed by atoms with Gasteiger partial charge in [-0.05, 0) is 49.6 Å². The van der Waals surface area contributed by atoms with Gasteiger partial charge in [-0.25, -0.2) is 0 Å². The third-order valence-corrected chi connectivity index (χ3v) is 3.36. The molecule has 0 radical (unpaired) electrons. The number of methoxy groups -OCH3 is 1. The van der Waals surface area contributed by atoms with Crippen molar-refractivity contribution in [3.63, 3.8) is 0 Å². The van der Waals surface area contributed by atoms with Crippen molar-refractivity contribution < 1.29 is 4.74 Å². The van der Waals surface area contributed by atoms with Crippen LogP contribution in [-0.4, -0.2) is 19.7 Å². The lowest BCUT2D eigenvalue weighted by molar-refractivity contribution is 0.381. The van der Waals surface area contributed by atoms with Crippen molar-refractivity contribution in [2.45, 2.75) is 31.7 Å². The van der Waals surface area contributed by atoms with E-state index in [9.17, 15) is 0 Å². The monoisotopic (exact) mass is 239 g/mol. The summed E-state index contributed by atoms with van der Waals surface area (Å²) in [5.74, 6) is 0.941. The second kappa shape index (κ2) is 5.55. The Bertz CT molecular complexity index is 348. The van der Waals surface area contributed by atoms with E-state index in [4.69, 9.17) is 16.3 Å². The number of ether oxygens (including phenoxy) is 1. The first-order chi connectivity index (χ1) is 7.79. The van der Waals surface area contributed by atoms with E-state index in [1.807, 2.05) is 18.2 Å². The maximum atomic E-state index is 6.02. The van der Waals surface area contributed by atoms with Gasteiger partial charge in [0.2, 0.25) is 0 Å². The fourth-order valence-corrected chi connectivity index (χ4v) is 2.47. The predicted molar refractivity (Wildman–Crippen MR) is 67.3 cm³/mol. The molecule has 1 unspecified atom stereocenters. The highest BCUT2D eigenvalue weighted by atomic mass is 35.5. The van der Waals surface area contributed by atoms with E-state index in [-0.39, 0.29) is 0 Å². The molecular formula is C13H18ClNO. The predicted octanol–water partition coefficient (Wildman–Crippen LogP) is 3.03. The molecule has 0 amide bonds. The molecule has 0 aromatic heterocycles. The van der Waals surface area contributed by atoms with Crippen LogP contribution < -0.4 is 10.1 Å². The molecule has 1 heterocycles. The largest absolute Gasteiger partial charge is 0.496 e. The SMILES string of the molecule is COc1ccc(Cl)cc1CC1CCCCN1. The summed E-state index contributed by atoms with van der Waals surface area (Å²) in [4.78, 5) is 0. The first-order valence-corrected chi connectivity index (χ1v) is 6.23. The Hall–Kier alpha value is -0.730. The number of benzene rings is 1. The van der Waals surface area contributed by atoms with Crippen LogP contribution in [0.1, 0.15) is 24.8 Å². The molecule has 0 bridgehead atoms. The number of halogens is 1. The van der Waals surface area contributed by atoms with Crippen molar-refractivity contribution in [3.8, 4) is 5.75 Å². The number of hydrogen-bond donors (Lipinski definition) is 1. The minimum Gasteiger partial charge on any atom is -0.496 e. The average Bonchev–Trinajstić information content (AvgIpc) is 2.31. The van der Waals surface area contributed by atoms with Gasteiger partial charge in [0.25, 0.3) is 0 Å². The average molecular weight is 240 g/mol. The van der Waals surface area contributed by atoms with E-state index >= 15 is 0 Å². The van der Waals surface area contributed by atoms with E-state index in [0.717, 1.165) is 23.7 Å². The second-order valence-corrected chi connectivity index (χ2v) is 4.74. The molecule has 1 atom stereocenters. The molecule has 1 saturated heterocycles. The molecule has 0 saturated carbocycles. The zero-order chi connectivity index (χ0) is 11.4. The van der Waals surface area contributed by atoms with Crippen molar-refractivity contribution >= 4 is 11.6 Å². The Balaban J connectivity index is 2.09. The quantitative estimate of drug-likeness (QED) is 0.876. The lowest BCUT2D eigenvalue weighted by atomic mass is 9.97. The maximum absolute atomic E-state index is 6.02. The van der Waals surface area contributed by atoms with Gasteiger partial charge in [-0.1, -0.05) is 18.0 Å². The highest BCUT2D eigenvalue weighted by Gasteiger charge is 2.15. The van der Waals surface area contributed by atoms with Crippen LogP contribution in [-0.2, 0) is 6.42 Å². The van der Waals surface area contributed by atoms with E-state index in [1.54, 1.807) is 7.11 Å². The van der Waals surface area contributed by atoms with E-state index in [0.29, 0.717) is 6.04 Å². The Morgan fingerprint density at radius 2 is 2.31 bits per heavy atom. The fourth-order valence-electron chi connectivity index (χ4n) is 2.27. The van der Waals surface area contributed by atoms with Crippen LogP contribution in [0.15, 0.2) is 18.2 Å². The molecule has 88 valence electrons. The molecule has 1 aromatic carbocycles. The summed E-state index contributed by atoms with van der Waals surface area (Å²) in [7, 11) is 1.71. The first kappa shape index (κ1) is 11.7. The van der Waals surface area contributed by atoms with Crippen molar-refractivity contribution in [2.75, 3.05) is 13.7 Å². The van der Waals surface area contributed by atoms with Gasteiger partial charge >= 0.3 is 0 Å². The third-order valence-electron chi connectivity index (χ3n) is 3.12. The zero-order valence-corrected chi connectivity index (χ0v) is 10.4. The summed E-state index contributed by atoms with van der Waals surface area (Å²) >= 11 is 6.02. The van der Waals surface area contributed by atoms with Crippen LogP contribution in [0.2, 0.25) is 5.02 Å². The van der Waals surface area contributed by atoms with Gasteiger partial charge in [-0.3, -0.25) is 0 Å². The second-order valence-electron chi connectivity index (χ2n) is 4.31. The van der Waals surface area contributed by atoms with Gasteiger partial charge in [-0.2, -0.15) is 0 Å². The van der Waals surface area contributed by atoms with E-state index < -0.39 is 0 Å². The maximum Gasteiger partial charge on any atom is 0.122 e. The lowest BCUT2D eigenvalue weighted by Crippen LogP contribution is -2.35. The third kappa shape index (κ3) is 2.89. The molecule has 16 heavy (non-hydrogen) atoms. The molecule has 0 spiro atoms.